The molecule has 0 aliphatic heterocycles. The highest BCUT2D eigenvalue weighted by atomic mass is 79.9. The fraction of sp³-hybridized carbons (Fsp3) is 0.294. The number of aromatic nitrogens is 3. The van der Waals surface area contributed by atoms with E-state index >= 15 is 0 Å². The zero-order valence-electron chi connectivity index (χ0n) is 13.2. The number of nitrogens with zero attached hydrogens (tertiary/aromatic N) is 3. The topological polar surface area (TPSA) is 30.7 Å². The number of benzene rings is 1. The van der Waals surface area contributed by atoms with Crippen LogP contribution in [0.1, 0.15) is 24.6 Å². The molecule has 0 N–H and O–H groups in total. The lowest BCUT2D eigenvalue weighted by molar-refractivity contribution is -0.136. The van der Waals surface area contributed by atoms with Crippen molar-refractivity contribution in [1.82, 2.24) is 14.8 Å². The van der Waals surface area contributed by atoms with Crippen molar-refractivity contribution in [2.24, 2.45) is 0 Å². The number of alkyl halides is 3. The Hall–Kier alpha value is -1.89. The summed E-state index contributed by atoms with van der Waals surface area (Å²) in [4.78, 5) is 4.47. The first kappa shape index (κ1) is 17.0. The summed E-state index contributed by atoms with van der Waals surface area (Å²) in [5.41, 5.74) is 0.861. The van der Waals surface area contributed by atoms with Crippen LogP contribution in [0.2, 0.25) is 0 Å². The van der Waals surface area contributed by atoms with Crippen LogP contribution in [0.3, 0.4) is 0 Å². The molecule has 0 bridgehead atoms. The SMILES string of the molecule is CCCn1nc(C)c2c(C(F)(F)F)cc(-c3ccc(Br)cc3)nc21. The van der Waals surface area contributed by atoms with Gasteiger partial charge in [0.1, 0.15) is 0 Å². The van der Waals surface area contributed by atoms with Gasteiger partial charge in [0.25, 0.3) is 0 Å². The van der Waals surface area contributed by atoms with Gasteiger partial charge < -0.3 is 0 Å². The molecule has 0 aliphatic carbocycles. The van der Waals surface area contributed by atoms with E-state index in [9.17, 15) is 13.2 Å². The van der Waals surface area contributed by atoms with Crippen molar-refractivity contribution in [2.45, 2.75) is 33.0 Å². The van der Waals surface area contributed by atoms with Crippen LogP contribution < -0.4 is 0 Å². The Bertz CT molecular complexity index is 883. The number of aryl methyl sites for hydroxylation is 2. The van der Waals surface area contributed by atoms with Crippen LogP contribution in [0.5, 0.6) is 0 Å². The van der Waals surface area contributed by atoms with E-state index in [0.29, 0.717) is 23.5 Å². The minimum Gasteiger partial charge on any atom is -0.247 e. The smallest absolute Gasteiger partial charge is 0.247 e. The molecule has 0 unspecified atom stereocenters. The molecule has 0 saturated carbocycles. The number of rotatable bonds is 3. The van der Waals surface area contributed by atoms with E-state index in [1.54, 1.807) is 35.9 Å². The number of pyridine rings is 1. The first-order valence-corrected chi connectivity index (χ1v) is 8.32. The second kappa shape index (κ2) is 6.20. The zero-order valence-corrected chi connectivity index (χ0v) is 14.7. The van der Waals surface area contributed by atoms with Gasteiger partial charge in [-0.1, -0.05) is 35.0 Å². The van der Waals surface area contributed by atoms with Gasteiger partial charge in [-0.15, -0.1) is 0 Å². The molecular weight excluding hydrogens is 383 g/mol. The number of hydrogen-bond acceptors (Lipinski definition) is 2. The maximum atomic E-state index is 13.6. The highest BCUT2D eigenvalue weighted by Crippen LogP contribution is 2.38. The van der Waals surface area contributed by atoms with Gasteiger partial charge in [0, 0.05) is 16.6 Å². The van der Waals surface area contributed by atoms with E-state index in [1.165, 1.54) is 0 Å². The highest BCUT2D eigenvalue weighted by molar-refractivity contribution is 9.10. The molecule has 126 valence electrons. The van der Waals surface area contributed by atoms with Crippen molar-refractivity contribution in [3.63, 3.8) is 0 Å². The predicted molar refractivity (Wildman–Crippen MR) is 90.7 cm³/mol. The summed E-state index contributed by atoms with van der Waals surface area (Å²) in [7, 11) is 0. The summed E-state index contributed by atoms with van der Waals surface area (Å²) in [5.74, 6) is 0. The van der Waals surface area contributed by atoms with E-state index in [2.05, 4.69) is 26.0 Å². The lowest BCUT2D eigenvalue weighted by Gasteiger charge is -2.11. The average molecular weight is 398 g/mol. The molecule has 2 heterocycles. The summed E-state index contributed by atoms with van der Waals surface area (Å²) in [6.45, 7) is 4.06. The summed E-state index contributed by atoms with van der Waals surface area (Å²) in [6.07, 6.45) is -3.70. The zero-order chi connectivity index (χ0) is 17.5. The second-order valence-corrected chi connectivity index (χ2v) is 6.48. The first-order valence-electron chi connectivity index (χ1n) is 7.52. The van der Waals surface area contributed by atoms with Gasteiger partial charge in [0.05, 0.1) is 22.3 Å². The van der Waals surface area contributed by atoms with E-state index in [4.69, 9.17) is 0 Å². The molecule has 3 rings (SSSR count). The quantitative estimate of drug-likeness (QED) is 0.575. The van der Waals surface area contributed by atoms with Gasteiger partial charge >= 0.3 is 6.18 Å². The highest BCUT2D eigenvalue weighted by Gasteiger charge is 2.35. The summed E-state index contributed by atoms with van der Waals surface area (Å²) in [5, 5.41) is 4.33. The largest absolute Gasteiger partial charge is 0.417 e. The van der Waals surface area contributed by atoms with E-state index < -0.39 is 11.7 Å². The second-order valence-electron chi connectivity index (χ2n) is 5.57. The Balaban J connectivity index is 2.32. The molecule has 0 aliphatic rings. The Morgan fingerprint density at radius 2 is 1.83 bits per heavy atom. The normalized spacial score (nSPS) is 12.1. The molecule has 3 nitrogen and oxygen atoms in total. The van der Waals surface area contributed by atoms with Gasteiger partial charge in [0.15, 0.2) is 5.65 Å². The van der Waals surface area contributed by atoms with Crippen LogP contribution in [0.4, 0.5) is 13.2 Å². The average Bonchev–Trinajstić information content (AvgIpc) is 2.83. The van der Waals surface area contributed by atoms with Crippen molar-refractivity contribution >= 4 is 27.0 Å². The molecule has 0 spiro atoms. The van der Waals surface area contributed by atoms with Crippen molar-refractivity contribution in [1.29, 1.82) is 0 Å². The summed E-state index contributed by atoms with van der Waals surface area (Å²) in [6, 6.07) is 8.15. The van der Waals surface area contributed by atoms with Gasteiger partial charge in [-0.25, -0.2) is 9.67 Å². The van der Waals surface area contributed by atoms with Crippen LogP contribution in [0.25, 0.3) is 22.3 Å². The van der Waals surface area contributed by atoms with Crippen molar-refractivity contribution in [3.05, 3.63) is 46.1 Å². The number of hydrogen-bond donors (Lipinski definition) is 0. The Morgan fingerprint density at radius 1 is 1.17 bits per heavy atom. The molecule has 2 aromatic heterocycles. The minimum atomic E-state index is -4.46. The van der Waals surface area contributed by atoms with E-state index in [1.807, 2.05) is 6.92 Å². The predicted octanol–water partition coefficient (Wildman–Crippen LogP) is 5.60. The molecule has 0 radical (unpaired) electrons. The van der Waals surface area contributed by atoms with Gasteiger partial charge in [-0.2, -0.15) is 18.3 Å². The van der Waals surface area contributed by atoms with Gasteiger partial charge in [0.2, 0.25) is 0 Å². The molecule has 1 aromatic carbocycles. The standard InChI is InChI=1S/C17H15BrF3N3/c1-3-8-24-16-15(10(2)23-24)13(17(19,20)21)9-14(22-16)11-4-6-12(18)7-5-11/h4-7,9H,3,8H2,1-2H3. The lowest BCUT2D eigenvalue weighted by atomic mass is 10.1. The van der Waals surface area contributed by atoms with Gasteiger partial charge in [-0.3, -0.25) is 0 Å². The number of halogens is 4. The third kappa shape index (κ3) is 3.05. The first-order chi connectivity index (χ1) is 11.3. The fourth-order valence-electron chi connectivity index (χ4n) is 2.71. The Morgan fingerprint density at radius 3 is 2.42 bits per heavy atom. The fourth-order valence-corrected chi connectivity index (χ4v) is 2.98. The monoisotopic (exact) mass is 397 g/mol. The van der Waals surface area contributed by atoms with Crippen molar-refractivity contribution in [3.8, 4) is 11.3 Å². The molecule has 3 aromatic rings. The molecule has 0 fully saturated rings. The third-order valence-electron chi connectivity index (χ3n) is 3.76. The molecule has 0 amide bonds. The number of fused-ring (bicyclic) bond motifs is 1. The van der Waals surface area contributed by atoms with Gasteiger partial charge in [-0.05, 0) is 31.5 Å². The molecule has 0 saturated heterocycles. The lowest BCUT2D eigenvalue weighted by Crippen LogP contribution is -2.08. The van der Waals surface area contributed by atoms with E-state index in [0.717, 1.165) is 17.0 Å². The van der Waals surface area contributed by atoms with Crippen LogP contribution in [-0.2, 0) is 12.7 Å². The minimum absolute atomic E-state index is 0.0804. The summed E-state index contributed by atoms with van der Waals surface area (Å²) < 4.78 is 43.2. The van der Waals surface area contributed by atoms with Crippen molar-refractivity contribution in [2.75, 3.05) is 0 Å². The van der Waals surface area contributed by atoms with Crippen LogP contribution in [0, 0.1) is 6.92 Å². The maximum Gasteiger partial charge on any atom is 0.417 e. The maximum absolute atomic E-state index is 13.6. The van der Waals surface area contributed by atoms with Crippen LogP contribution in [-0.4, -0.2) is 14.8 Å². The molecule has 24 heavy (non-hydrogen) atoms. The summed E-state index contributed by atoms with van der Waals surface area (Å²) >= 11 is 3.32. The molecule has 0 atom stereocenters. The van der Waals surface area contributed by atoms with Crippen molar-refractivity contribution < 1.29 is 13.2 Å². The Labute approximate surface area is 145 Å². The Kier molecular flexibility index (Phi) is 4.38. The molecule has 7 heteroatoms. The van der Waals surface area contributed by atoms with Crippen LogP contribution >= 0.6 is 15.9 Å². The third-order valence-corrected chi connectivity index (χ3v) is 4.29. The van der Waals surface area contributed by atoms with E-state index in [-0.39, 0.29) is 11.0 Å². The van der Waals surface area contributed by atoms with Crippen LogP contribution in [0.15, 0.2) is 34.8 Å². The molecular formula is C17H15BrF3N3.